The molecule has 0 fully saturated rings. The van der Waals surface area contributed by atoms with Crippen molar-refractivity contribution in [2.75, 3.05) is 0 Å². The van der Waals surface area contributed by atoms with E-state index in [-0.39, 0.29) is 5.76 Å². The summed E-state index contributed by atoms with van der Waals surface area (Å²) in [5, 5.41) is 8.84. The van der Waals surface area contributed by atoms with Gasteiger partial charge >= 0.3 is 0 Å². The van der Waals surface area contributed by atoms with Crippen LogP contribution in [0.4, 0.5) is 0 Å². The van der Waals surface area contributed by atoms with Gasteiger partial charge in [-0.15, -0.1) is 0 Å². The van der Waals surface area contributed by atoms with Crippen LogP contribution in [-0.2, 0) is 0 Å². The van der Waals surface area contributed by atoms with Gasteiger partial charge in [-0.05, 0) is 6.92 Å². The highest BCUT2D eigenvalue weighted by molar-refractivity contribution is 5.32. The summed E-state index contributed by atoms with van der Waals surface area (Å²) in [6.45, 7) is 12.5. The lowest BCUT2D eigenvalue weighted by Gasteiger charge is -1.92. The molecule has 1 heteroatoms. The van der Waals surface area contributed by atoms with Crippen LogP contribution in [-0.4, -0.2) is 5.11 Å². The topological polar surface area (TPSA) is 20.2 Å². The highest BCUT2D eigenvalue weighted by Crippen LogP contribution is 2.02. The van der Waals surface area contributed by atoms with E-state index in [1.54, 1.807) is 12.2 Å². The minimum absolute atomic E-state index is 0.00465. The lowest BCUT2D eigenvalue weighted by atomic mass is 10.2. The SMILES string of the molecule is C=C(C)/C=C\C=C/C(=C)C(=C)O. The van der Waals surface area contributed by atoms with Crippen LogP contribution < -0.4 is 0 Å². The zero-order chi connectivity index (χ0) is 9.56. The summed E-state index contributed by atoms with van der Waals surface area (Å²) in [5.74, 6) is -0.00465. The highest BCUT2D eigenvalue weighted by Gasteiger charge is 1.87. The van der Waals surface area contributed by atoms with Gasteiger partial charge in [-0.2, -0.15) is 0 Å². The van der Waals surface area contributed by atoms with E-state index in [9.17, 15) is 0 Å². The molecule has 1 nitrogen and oxygen atoms in total. The number of aliphatic hydroxyl groups excluding tert-OH is 1. The maximum absolute atomic E-state index is 8.84. The molecule has 0 saturated heterocycles. The third-order valence-corrected chi connectivity index (χ3v) is 1.16. The van der Waals surface area contributed by atoms with Gasteiger partial charge < -0.3 is 5.11 Å². The van der Waals surface area contributed by atoms with Crippen molar-refractivity contribution in [1.29, 1.82) is 0 Å². The van der Waals surface area contributed by atoms with Gasteiger partial charge in [0.05, 0.1) is 0 Å². The summed E-state index contributed by atoms with van der Waals surface area (Å²) in [7, 11) is 0. The summed E-state index contributed by atoms with van der Waals surface area (Å²) in [5.41, 5.74) is 1.49. The van der Waals surface area contributed by atoms with Crippen molar-refractivity contribution in [3.8, 4) is 0 Å². The third-order valence-electron chi connectivity index (χ3n) is 1.16. The summed E-state index contributed by atoms with van der Waals surface area (Å²) in [6, 6.07) is 0. The Bertz CT molecular complexity index is 254. The molecule has 0 heterocycles. The largest absolute Gasteiger partial charge is 0.508 e. The first-order valence-corrected chi connectivity index (χ1v) is 3.61. The Hall–Kier alpha value is -1.50. The van der Waals surface area contributed by atoms with Gasteiger partial charge in [0.25, 0.3) is 0 Å². The summed E-state index contributed by atoms with van der Waals surface area (Å²) in [4.78, 5) is 0. The molecule has 0 rings (SSSR count). The van der Waals surface area contributed by atoms with E-state index in [1.165, 1.54) is 0 Å². The van der Waals surface area contributed by atoms with E-state index in [0.717, 1.165) is 5.57 Å². The monoisotopic (exact) mass is 162 g/mol. The Balaban J connectivity index is 4.01. The average molecular weight is 162 g/mol. The fraction of sp³-hybridized carbons (Fsp3) is 0.0909. The first-order chi connectivity index (χ1) is 5.54. The maximum Gasteiger partial charge on any atom is 0.115 e. The standard InChI is InChI=1S/C11H14O/c1-9(2)7-5-6-8-10(3)11(4)12/h5-8,12H,1,3-4H2,2H3/b7-5-,8-6-. The zero-order valence-electron chi connectivity index (χ0n) is 7.38. The number of allylic oxidation sites excluding steroid dienone is 5. The molecule has 0 aliphatic rings. The van der Waals surface area contributed by atoms with Crippen LogP contribution in [0.25, 0.3) is 0 Å². The van der Waals surface area contributed by atoms with E-state index < -0.39 is 0 Å². The van der Waals surface area contributed by atoms with Crippen LogP contribution in [0.5, 0.6) is 0 Å². The summed E-state index contributed by atoms with van der Waals surface area (Å²) < 4.78 is 0. The molecule has 0 radical (unpaired) electrons. The summed E-state index contributed by atoms with van der Waals surface area (Å²) in [6.07, 6.45) is 7.15. The van der Waals surface area contributed by atoms with Crippen molar-refractivity contribution < 1.29 is 5.11 Å². The zero-order valence-corrected chi connectivity index (χ0v) is 7.38. The van der Waals surface area contributed by atoms with E-state index in [0.29, 0.717) is 5.57 Å². The van der Waals surface area contributed by atoms with Crippen LogP contribution >= 0.6 is 0 Å². The van der Waals surface area contributed by atoms with Gasteiger partial charge in [-0.1, -0.05) is 49.6 Å². The van der Waals surface area contributed by atoms with Crippen molar-refractivity contribution >= 4 is 0 Å². The third kappa shape index (κ3) is 5.30. The minimum Gasteiger partial charge on any atom is -0.508 e. The number of hydrogen-bond acceptors (Lipinski definition) is 1. The predicted molar refractivity (Wildman–Crippen MR) is 54.0 cm³/mol. The van der Waals surface area contributed by atoms with Crippen LogP contribution in [0, 0.1) is 0 Å². The van der Waals surface area contributed by atoms with Crippen molar-refractivity contribution in [2.45, 2.75) is 6.92 Å². The molecule has 0 aliphatic carbocycles. The van der Waals surface area contributed by atoms with Crippen LogP contribution in [0.15, 0.2) is 60.9 Å². The maximum atomic E-state index is 8.84. The van der Waals surface area contributed by atoms with Gasteiger partial charge in [0.2, 0.25) is 0 Å². The quantitative estimate of drug-likeness (QED) is 0.496. The number of aliphatic hydroxyl groups is 1. The molecule has 0 aromatic carbocycles. The van der Waals surface area contributed by atoms with Crippen molar-refractivity contribution in [3.63, 3.8) is 0 Å². The Morgan fingerprint density at radius 3 is 2.00 bits per heavy atom. The molecule has 1 N–H and O–H groups in total. The number of rotatable bonds is 4. The molecular weight excluding hydrogens is 148 g/mol. The van der Waals surface area contributed by atoms with Gasteiger partial charge in [-0.3, -0.25) is 0 Å². The van der Waals surface area contributed by atoms with Gasteiger partial charge in [0.15, 0.2) is 0 Å². The van der Waals surface area contributed by atoms with Crippen LogP contribution in [0.3, 0.4) is 0 Å². The van der Waals surface area contributed by atoms with Crippen molar-refractivity contribution in [2.24, 2.45) is 0 Å². The molecular formula is C11H14O. The average Bonchev–Trinajstić information content (AvgIpc) is 1.97. The minimum atomic E-state index is -0.00465. The number of hydrogen-bond donors (Lipinski definition) is 1. The molecule has 64 valence electrons. The Morgan fingerprint density at radius 2 is 1.58 bits per heavy atom. The molecule has 0 aliphatic heterocycles. The summed E-state index contributed by atoms with van der Waals surface area (Å²) >= 11 is 0. The normalized spacial score (nSPS) is 10.8. The molecule has 0 spiro atoms. The lowest BCUT2D eigenvalue weighted by Crippen LogP contribution is -1.77. The van der Waals surface area contributed by atoms with Crippen LogP contribution in [0.1, 0.15) is 6.92 Å². The first kappa shape index (κ1) is 10.5. The van der Waals surface area contributed by atoms with E-state index in [4.69, 9.17) is 5.11 Å². The fourth-order valence-corrected chi connectivity index (χ4v) is 0.488. The molecule has 0 bridgehead atoms. The second-order valence-corrected chi connectivity index (χ2v) is 2.54. The van der Waals surface area contributed by atoms with Crippen molar-refractivity contribution in [1.82, 2.24) is 0 Å². The predicted octanol–water partition coefficient (Wildman–Crippen LogP) is 3.30. The van der Waals surface area contributed by atoms with E-state index >= 15 is 0 Å². The van der Waals surface area contributed by atoms with Gasteiger partial charge in [-0.25, -0.2) is 0 Å². The second kappa shape index (κ2) is 5.19. The molecule has 0 aromatic heterocycles. The lowest BCUT2D eigenvalue weighted by molar-refractivity contribution is 0.429. The second-order valence-electron chi connectivity index (χ2n) is 2.54. The van der Waals surface area contributed by atoms with E-state index in [1.807, 2.05) is 19.1 Å². The van der Waals surface area contributed by atoms with E-state index in [2.05, 4.69) is 19.7 Å². The van der Waals surface area contributed by atoms with Crippen molar-refractivity contribution in [3.05, 3.63) is 60.9 Å². The Morgan fingerprint density at radius 1 is 1.08 bits per heavy atom. The highest BCUT2D eigenvalue weighted by atomic mass is 16.3. The Labute approximate surface area is 73.7 Å². The molecule has 0 amide bonds. The fourth-order valence-electron chi connectivity index (χ4n) is 0.488. The first-order valence-electron chi connectivity index (χ1n) is 3.61. The molecule has 0 unspecified atom stereocenters. The molecule has 12 heavy (non-hydrogen) atoms. The molecule has 0 saturated carbocycles. The smallest absolute Gasteiger partial charge is 0.115 e. The van der Waals surface area contributed by atoms with Crippen LogP contribution in [0.2, 0.25) is 0 Å². The molecule has 0 aromatic rings. The molecule has 0 atom stereocenters. The van der Waals surface area contributed by atoms with Gasteiger partial charge in [0.1, 0.15) is 5.76 Å². The van der Waals surface area contributed by atoms with Gasteiger partial charge in [0, 0.05) is 5.57 Å². The Kier molecular flexibility index (Phi) is 4.54.